The number of nitrogens with zero attached hydrogens (tertiary/aromatic N) is 2. The number of sulfonamides is 1. The van der Waals surface area contributed by atoms with E-state index in [0.717, 1.165) is 22.4 Å². The number of aryl methyl sites for hydroxylation is 1. The average Bonchev–Trinajstić information content (AvgIpc) is 2.60. The van der Waals surface area contributed by atoms with Crippen LogP contribution < -0.4 is 4.90 Å². The third kappa shape index (κ3) is 3.06. The summed E-state index contributed by atoms with van der Waals surface area (Å²) in [4.78, 5) is 2.68. The van der Waals surface area contributed by atoms with Crippen molar-refractivity contribution in [1.82, 2.24) is 4.31 Å². The molecule has 0 bridgehead atoms. The van der Waals surface area contributed by atoms with Crippen molar-refractivity contribution in [3.8, 4) is 0 Å². The summed E-state index contributed by atoms with van der Waals surface area (Å²) in [5, 5.41) is 0. The van der Waals surface area contributed by atoms with E-state index >= 15 is 0 Å². The van der Waals surface area contributed by atoms with E-state index in [-0.39, 0.29) is 0 Å². The minimum Gasteiger partial charge on any atom is -0.369 e. The first-order valence-corrected chi connectivity index (χ1v) is 9.72. The van der Waals surface area contributed by atoms with Crippen molar-refractivity contribution in [2.45, 2.75) is 25.7 Å². The Labute approximate surface area is 144 Å². The number of rotatable bonds is 3. The van der Waals surface area contributed by atoms with Crippen molar-refractivity contribution < 1.29 is 8.42 Å². The molecule has 0 saturated carbocycles. The van der Waals surface area contributed by atoms with E-state index in [0.29, 0.717) is 31.1 Å². The summed E-state index contributed by atoms with van der Waals surface area (Å²) in [6.07, 6.45) is 0. The number of anilines is 1. The van der Waals surface area contributed by atoms with Crippen LogP contribution in [-0.2, 0) is 10.0 Å². The standard InChI is InChI=1S/C19H24N2O2S/c1-15-9-10-19(17(3)16(15)2)24(22,23)21-13-11-20(12-14-21)18-7-5-4-6-8-18/h4-10H,11-14H2,1-3H3. The Morgan fingerprint density at radius 2 is 1.42 bits per heavy atom. The van der Waals surface area contributed by atoms with Gasteiger partial charge < -0.3 is 4.90 Å². The molecule has 0 spiro atoms. The van der Waals surface area contributed by atoms with Crippen LogP contribution in [0.2, 0.25) is 0 Å². The fraction of sp³-hybridized carbons (Fsp3) is 0.368. The highest BCUT2D eigenvalue weighted by Crippen LogP contribution is 2.26. The summed E-state index contributed by atoms with van der Waals surface area (Å²) >= 11 is 0. The first-order chi connectivity index (χ1) is 11.4. The second kappa shape index (κ2) is 6.57. The van der Waals surface area contributed by atoms with Gasteiger partial charge in [-0.15, -0.1) is 0 Å². The van der Waals surface area contributed by atoms with Crippen molar-refractivity contribution >= 4 is 15.7 Å². The van der Waals surface area contributed by atoms with Gasteiger partial charge in [-0.1, -0.05) is 24.3 Å². The first kappa shape index (κ1) is 17.0. The van der Waals surface area contributed by atoms with Crippen molar-refractivity contribution in [3.63, 3.8) is 0 Å². The maximum Gasteiger partial charge on any atom is 0.243 e. The number of hydrogen-bond donors (Lipinski definition) is 0. The lowest BCUT2D eigenvalue weighted by Crippen LogP contribution is -2.48. The molecule has 0 aromatic heterocycles. The number of para-hydroxylation sites is 1. The van der Waals surface area contributed by atoms with Gasteiger partial charge in [0.2, 0.25) is 10.0 Å². The molecule has 1 saturated heterocycles. The van der Waals surface area contributed by atoms with Gasteiger partial charge in [0, 0.05) is 31.9 Å². The topological polar surface area (TPSA) is 40.6 Å². The SMILES string of the molecule is Cc1ccc(S(=O)(=O)N2CCN(c3ccccc3)CC2)c(C)c1C. The molecule has 1 aliphatic rings. The number of piperazine rings is 1. The monoisotopic (exact) mass is 344 g/mol. The second-order valence-corrected chi connectivity index (χ2v) is 8.26. The third-order valence-electron chi connectivity index (χ3n) is 4.99. The minimum absolute atomic E-state index is 0.443. The Bertz CT molecular complexity index is 824. The van der Waals surface area contributed by atoms with E-state index in [4.69, 9.17) is 0 Å². The minimum atomic E-state index is -3.43. The fourth-order valence-corrected chi connectivity index (χ4v) is 4.88. The molecule has 2 aromatic rings. The Kier molecular flexibility index (Phi) is 4.65. The van der Waals surface area contributed by atoms with Crippen molar-refractivity contribution in [3.05, 3.63) is 59.2 Å². The molecule has 2 aromatic carbocycles. The molecular weight excluding hydrogens is 320 g/mol. The Balaban J connectivity index is 1.80. The van der Waals surface area contributed by atoms with Crippen LogP contribution in [0.15, 0.2) is 47.4 Å². The second-order valence-electron chi connectivity index (χ2n) is 6.36. The molecular formula is C19H24N2O2S. The van der Waals surface area contributed by atoms with Crippen molar-refractivity contribution in [1.29, 1.82) is 0 Å². The predicted octanol–water partition coefficient (Wildman–Crippen LogP) is 3.12. The van der Waals surface area contributed by atoms with Gasteiger partial charge in [0.1, 0.15) is 0 Å². The normalized spacial score (nSPS) is 16.4. The Morgan fingerprint density at radius 3 is 2.04 bits per heavy atom. The molecule has 0 unspecified atom stereocenters. The zero-order chi connectivity index (χ0) is 17.3. The predicted molar refractivity (Wildman–Crippen MR) is 98.1 cm³/mol. The van der Waals surface area contributed by atoms with E-state index in [9.17, 15) is 8.42 Å². The van der Waals surface area contributed by atoms with Crippen LogP contribution >= 0.6 is 0 Å². The molecule has 0 amide bonds. The zero-order valence-electron chi connectivity index (χ0n) is 14.5. The Hall–Kier alpha value is -1.85. The molecule has 0 atom stereocenters. The molecule has 3 rings (SSSR count). The van der Waals surface area contributed by atoms with E-state index in [1.807, 2.05) is 45.0 Å². The quantitative estimate of drug-likeness (QED) is 0.859. The molecule has 0 radical (unpaired) electrons. The van der Waals surface area contributed by atoms with Crippen LogP contribution in [0.1, 0.15) is 16.7 Å². The lowest BCUT2D eigenvalue weighted by Gasteiger charge is -2.35. The molecule has 1 fully saturated rings. The van der Waals surface area contributed by atoms with Gasteiger partial charge >= 0.3 is 0 Å². The van der Waals surface area contributed by atoms with Crippen LogP contribution in [0, 0.1) is 20.8 Å². The fourth-order valence-electron chi connectivity index (χ4n) is 3.18. The van der Waals surface area contributed by atoms with Crippen LogP contribution in [-0.4, -0.2) is 38.9 Å². The molecule has 1 heterocycles. The van der Waals surface area contributed by atoms with Gasteiger partial charge in [0.15, 0.2) is 0 Å². The van der Waals surface area contributed by atoms with E-state index < -0.39 is 10.0 Å². The highest BCUT2D eigenvalue weighted by molar-refractivity contribution is 7.89. The summed E-state index contributed by atoms with van der Waals surface area (Å²) in [6.45, 7) is 8.36. The van der Waals surface area contributed by atoms with Gasteiger partial charge in [-0.25, -0.2) is 8.42 Å². The maximum atomic E-state index is 13.0. The average molecular weight is 344 g/mol. The zero-order valence-corrected chi connectivity index (χ0v) is 15.3. The van der Waals surface area contributed by atoms with E-state index in [1.54, 1.807) is 10.4 Å². The molecule has 0 N–H and O–H groups in total. The van der Waals surface area contributed by atoms with E-state index in [1.165, 1.54) is 0 Å². The highest BCUT2D eigenvalue weighted by atomic mass is 32.2. The van der Waals surface area contributed by atoms with Gasteiger partial charge in [-0.3, -0.25) is 0 Å². The first-order valence-electron chi connectivity index (χ1n) is 8.28. The number of hydrogen-bond acceptors (Lipinski definition) is 3. The van der Waals surface area contributed by atoms with Gasteiger partial charge in [-0.2, -0.15) is 4.31 Å². The molecule has 24 heavy (non-hydrogen) atoms. The molecule has 4 nitrogen and oxygen atoms in total. The van der Waals surface area contributed by atoms with Gasteiger partial charge in [-0.05, 0) is 55.7 Å². The maximum absolute atomic E-state index is 13.0. The van der Waals surface area contributed by atoms with Crippen LogP contribution in [0.25, 0.3) is 0 Å². The van der Waals surface area contributed by atoms with Gasteiger partial charge in [0.05, 0.1) is 4.90 Å². The summed E-state index contributed by atoms with van der Waals surface area (Å²) < 4.78 is 27.7. The Morgan fingerprint density at radius 1 is 0.792 bits per heavy atom. The number of benzene rings is 2. The molecule has 0 aliphatic carbocycles. The van der Waals surface area contributed by atoms with Crippen LogP contribution in [0.5, 0.6) is 0 Å². The lowest BCUT2D eigenvalue weighted by molar-refractivity contribution is 0.384. The van der Waals surface area contributed by atoms with Crippen molar-refractivity contribution in [2.24, 2.45) is 0 Å². The highest BCUT2D eigenvalue weighted by Gasteiger charge is 2.30. The summed E-state index contributed by atoms with van der Waals surface area (Å²) in [7, 11) is -3.43. The third-order valence-corrected chi connectivity index (χ3v) is 7.03. The van der Waals surface area contributed by atoms with Crippen LogP contribution in [0.3, 0.4) is 0 Å². The summed E-state index contributed by atoms with van der Waals surface area (Å²) in [5.41, 5.74) is 4.19. The van der Waals surface area contributed by atoms with E-state index in [2.05, 4.69) is 17.0 Å². The van der Waals surface area contributed by atoms with Crippen molar-refractivity contribution in [2.75, 3.05) is 31.1 Å². The molecule has 1 aliphatic heterocycles. The largest absolute Gasteiger partial charge is 0.369 e. The smallest absolute Gasteiger partial charge is 0.243 e. The lowest BCUT2D eigenvalue weighted by atomic mass is 10.1. The van der Waals surface area contributed by atoms with Gasteiger partial charge in [0.25, 0.3) is 0 Å². The summed E-state index contributed by atoms with van der Waals surface area (Å²) in [5.74, 6) is 0. The molecule has 128 valence electrons. The molecule has 5 heteroatoms. The summed E-state index contributed by atoms with van der Waals surface area (Å²) in [6, 6.07) is 13.8. The van der Waals surface area contributed by atoms with Crippen LogP contribution in [0.4, 0.5) is 5.69 Å².